The van der Waals surface area contributed by atoms with Crippen LogP contribution in [0, 0.1) is 0 Å². The minimum Gasteiger partial charge on any atom is -0.485 e. The van der Waals surface area contributed by atoms with Gasteiger partial charge in [-0.1, -0.05) is 18.2 Å². The molecule has 4 heteroatoms. The van der Waals surface area contributed by atoms with Crippen molar-refractivity contribution in [1.82, 2.24) is 9.97 Å². The van der Waals surface area contributed by atoms with Crippen LogP contribution >= 0.6 is 0 Å². The summed E-state index contributed by atoms with van der Waals surface area (Å²) in [4.78, 5) is 8.22. The molecule has 0 aliphatic heterocycles. The second-order valence-corrected chi connectivity index (χ2v) is 3.60. The summed E-state index contributed by atoms with van der Waals surface area (Å²) in [5.41, 5.74) is 6.67. The molecule has 2 aromatic rings. The largest absolute Gasteiger partial charge is 0.485 e. The second-order valence-electron chi connectivity index (χ2n) is 3.60. The number of nitrogens with two attached hydrogens (primary N) is 1. The molecule has 0 spiro atoms. The van der Waals surface area contributed by atoms with E-state index in [0.29, 0.717) is 19.0 Å². The van der Waals surface area contributed by atoms with Crippen LogP contribution in [0.15, 0.2) is 42.7 Å². The van der Waals surface area contributed by atoms with Gasteiger partial charge in [0.05, 0.1) is 0 Å². The minimum atomic E-state index is 0.377. The van der Waals surface area contributed by atoms with Crippen molar-refractivity contribution in [3.8, 4) is 5.75 Å². The zero-order chi connectivity index (χ0) is 11.9. The Labute approximate surface area is 100 Å². The van der Waals surface area contributed by atoms with E-state index in [2.05, 4.69) is 9.97 Å². The molecule has 0 aliphatic rings. The van der Waals surface area contributed by atoms with Crippen molar-refractivity contribution in [2.24, 2.45) is 5.73 Å². The first-order valence-electron chi connectivity index (χ1n) is 5.57. The fourth-order valence-corrected chi connectivity index (χ4v) is 1.55. The monoisotopic (exact) mass is 229 g/mol. The molecule has 88 valence electrons. The molecule has 0 saturated heterocycles. The van der Waals surface area contributed by atoms with Crippen LogP contribution in [0.5, 0.6) is 5.75 Å². The summed E-state index contributed by atoms with van der Waals surface area (Å²) in [5, 5.41) is 0. The van der Waals surface area contributed by atoms with Crippen LogP contribution in [0.3, 0.4) is 0 Å². The van der Waals surface area contributed by atoms with Gasteiger partial charge in [-0.15, -0.1) is 0 Å². The summed E-state index contributed by atoms with van der Waals surface area (Å²) in [6.45, 7) is 0.991. The number of para-hydroxylation sites is 1. The van der Waals surface area contributed by atoms with E-state index >= 15 is 0 Å². The number of aromatic nitrogens is 2. The Morgan fingerprint density at radius 3 is 2.59 bits per heavy atom. The molecule has 0 bridgehead atoms. The quantitative estimate of drug-likeness (QED) is 0.845. The van der Waals surface area contributed by atoms with Crippen LogP contribution in [0.2, 0.25) is 0 Å². The van der Waals surface area contributed by atoms with Crippen LogP contribution in [0.4, 0.5) is 0 Å². The Balaban J connectivity index is 2.03. The Hall–Kier alpha value is -1.94. The Morgan fingerprint density at radius 1 is 1.06 bits per heavy atom. The molecule has 2 N–H and O–H groups in total. The lowest BCUT2D eigenvalue weighted by Crippen LogP contribution is -2.06. The molecule has 1 heterocycles. The molecule has 0 saturated carbocycles. The fraction of sp³-hybridized carbons (Fsp3) is 0.231. The van der Waals surface area contributed by atoms with Gasteiger partial charge in [-0.3, -0.25) is 0 Å². The highest BCUT2D eigenvalue weighted by Gasteiger charge is 2.03. The van der Waals surface area contributed by atoms with E-state index in [1.54, 1.807) is 18.5 Å². The van der Waals surface area contributed by atoms with Crippen molar-refractivity contribution < 1.29 is 4.74 Å². The molecule has 0 aliphatic carbocycles. The summed E-state index contributed by atoms with van der Waals surface area (Å²) in [7, 11) is 0. The van der Waals surface area contributed by atoms with Crippen LogP contribution < -0.4 is 10.5 Å². The Morgan fingerprint density at radius 2 is 1.82 bits per heavy atom. The van der Waals surface area contributed by atoms with Crippen molar-refractivity contribution in [3.05, 3.63) is 54.1 Å². The molecule has 1 aromatic heterocycles. The standard InChI is InChI=1S/C13H15N3O/c14-7-6-11-4-1-2-5-12(11)17-10-13-15-8-3-9-16-13/h1-5,8-9H,6-7,10,14H2. The molecule has 0 atom stereocenters. The summed E-state index contributed by atoms with van der Waals surface area (Å²) in [6, 6.07) is 9.67. The topological polar surface area (TPSA) is 61.0 Å². The lowest BCUT2D eigenvalue weighted by Gasteiger charge is -2.09. The highest BCUT2D eigenvalue weighted by atomic mass is 16.5. The molecular weight excluding hydrogens is 214 g/mol. The number of ether oxygens (including phenoxy) is 1. The highest BCUT2D eigenvalue weighted by Crippen LogP contribution is 2.18. The molecule has 0 unspecified atom stereocenters. The summed E-state index contributed by atoms with van der Waals surface area (Å²) >= 11 is 0. The van der Waals surface area contributed by atoms with E-state index in [0.717, 1.165) is 17.7 Å². The first-order valence-corrected chi connectivity index (χ1v) is 5.57. The average molecular weight is 229 g/mol. The molecule has 17 heavy (non-hydrogen) atoms. The minimum absolute atomic E-state index is 0.377. The van der Waals surface area contributed by atoms with Crippen molar-refractivity contribution >= 4 is 0 Å². The van der Waals surface area contributed by atoms with Gasteiger partial charge in [0, 0.05) is 12.4 Å². The predicted octanol–water partition coefficient (Wildman–Crippen LogP) is 1.56. The van der Waals surface area contributed by atoms with E-state index in [1.165, 1.54) is 0 Å². The van der Waals surface area contributed by atoms with Crippen LogP contribution in [-0.4, -0.2) is 16.5 Å². The lowest BCUT2D eigenvalue weighted by molar-refractivity contribution is 0.292. The number of benzene rings is 1. The summed E-state index contributed by atoms with van der Waals surface area (Å²) in [5.74, 6) is 1.53. The van der Waals surface area contributed by atoms with E-state index in [4.69, 9.17) is 10.5 Å². The highest BCUT2D eigenvalue weighted by molar-refractivity contribution is 5.33. The molecule has 0 fully saturated rings. The predicted molar refractivity (Wildman–Crippen MR) is 65.6 cm³/mol. The first-order chi connectivity index (χ1) is 8.40. The van der Waals surface area contributed by atoms with Crippen LogP contribution in [0.1, 0.15) is 11.4 Å². The Bertz CT molecular complexity index is 459. The van der Waals surface area contributed by atoms with Gasteiger partial charge in [0.25, 0.3) is 0 Å². The SMILES string of the molecule is NCCc1ccccc1OCc1ncccn1. The number of hydrogen-bond acceptors (Lipinski definition) is 4. The third kappa shape index (κ3) is 3.26. The van der Waals surface area contributed by atoms with Gasteiger partial charge in [0.15, 0.2) is 5.82 Å². The number of nitrogens with zero attached hydrogens (tertiary/aromatic N) is 2. The van der Waals surface area contributed by atoms with Gasteiger partial charge in [0.2, 0.25) is 0 Å². The normalized spacial score (nSPS) is 10.2. The van der Waals surface area contributed by atoms with Gasteiger partial charge in [-0.25, -0.2) is 9.97 Å². The maximum Gasteiger partial charge on any atom is 0.166 e. The Kier molecular flexibility index (Phi) is 4.05. The number of hydrogen-bond donors (Lipinski definition) is 1. The zero-order valence-electron chi connectivity index (χ0n) is 9.54. The third-order valence-corrected chi connectivity index (χ3v) is 2.36. The van der Waals surface area contributed by atoms with E-state index in [-0.39, 0.29) is 0 Å². The smallest absolute Gasteiger partial charge is 0.166 e. The first kappa shape index (κ1) is 11.5. The van der Waals surface area contributed by atoms with Crippen molar-refractivity contribution in [1.29, 1.82) is 0 Å². The van der Waals surface area contributed by atoms with E-state index in [1.807, 2.05) is 24.3 Å². The van der Waals surface area contributed by atoms with E-state index < -0.39 is 0 Å². The molecular formula is C13H15N3O. The average Bonchev–Trinajstić information content (AvgIpc) is 2.39. The van der Waals surface area contributed by atoms with Gasteiger partial charge in [-0.05, 0) is 30.7 Å². The summed E-state index contributed by atoms with van der Waals surface area (Å²) in [6.07, 6.45) is 4.22. The van der Waals surface area contributed by atoms with Crippen molar-refractivity contribution in [3.63, 3.8) is 0 Å². The second kappa shape index (κ2) is 5.96. The van der Waals surface area contributed by atoms with Crippen molar-refractivity contribution in [2.75, 3.05) is 6.54 Å². The maximum absolute atomic E-state index is 5.70. The summed E-state index contributed by atoms with van der Waals surface area (Å²) < 4.78 is 5.70. The maximum atomic E-state index is 5.70. The molecule has 4 nitrogen and oxygen atoms in total. The van der Waals surface area contributed by atoms with Gasteiger partial charge < -0.3 is 10.5 Å². The molecule has 1 aromatic carbocycles. The van der Waals surface area contributed by atoms with Crippen LogP contribution in [0.25, 0.3) is 0 Å². The van der Waals surface area contributed by atoms with Gasteiger partial charge in [0.1, 0.15) is 12.4 Å². The third-order valence-electron chi connectivity index (χ3n) is 2.36. The molecule has 0 amide bonds. The van der Waals surface area contributed by atoms with Crippen molar-refractivity contribution in [2.45, 2.75) is 13.0 Å². The fourth-order valence-electron chi connectivity index (χ4n) is 1.55. The van der Waals surface area contributed by atoms with Gasteiger partial charge in [-0.2, -0.15) is 0 Å². The lowest BCUT2D eigenvalue weighted by atomic mass is 10.1. The molecule has 0 radical (unpaired) electrons. The van der Waals surface area contributed by atoms with Gasteiger partial charge >= 0.3 is 0 Å². The molecule has 2 rings (SSSR count). The number of rotatable bonds is 5. The van der Waals surface area contributed by atoms with E-state index in [9.17, 15) is 0 Å². The zero-order valence-corrected chi connectivity index (χ0v) is 9.54. The van der Waals surface area contributed by atoms with Crippen LogP contribution in [-0.2, 0) is 13.0 Å².